The molecule has 31 heavy (non-hydrogen) atoms. The SMILES string of the molecule is CCSC1CCCC(NC(=NCc2ccc(OC)cc2)NCc2nnc(C)n2C)C1.I. The van der Waals surface area contributed by atoms with Crippen LogP contribution in [-0.2, 0) is 20.1 Å². The molecule has 0 saturated heterocycles. The number of aliphatic imine (C=N–C) groups is 1. The van der Waals surface area contributed by atoms with Gasteiger partial charge in [0.1, 0.15) is 11.6 Å². The van der Waals surface area contributed by atoms with E-state index in [0.29, 0.717) is 19.1 Å². The van der Waals surface area contributed by atoms with Crippen LogP contribution in [0.4, 0.5) is 0 Å². The molecule has 1 saturated carbocycles. The van der Waals surface area contributed by atoms with Crippen LogP contribution in [0.1, 0.15) is 49.8 Å². The fourth-order valence-electron chi connectivity index (χ4n) is 3.68. The van der Waals surface area contributed by atoms with E-state index in [4.69, 9.17) is 9.73 Å². The van der Waals surface area contributed by atoms with E-state index in [1.54, 1.807) is 7.11 Å². The number of rotatable bonds is 8. The molecule has 1 fully saturated rings. The van der Waals surface area contributed by atoms with Crippen LogP contribution in [0.2, 0.25) is 0 Å². The molecule has 0 amide bonds. The normalized spacial score (nSPS) is 18.9. The Morgan fingerprint density at radius 3 is 2.68 bits per heavy atom. The van der Waals surface area contributed by atoms with Crippen molar-refractivity contribution in [1.82, 2.24) is 25.4 Å². The summed E-state index contributed by atoms with van der Waals surface area (Å²) >= 11 is 2.08. The van der Waals surface area contributed by atoms with E-state index in [1.165, 1.54) is 31.4 Å². The topological polar surface area (TPSA) is 76.4 Å². The molecule has 2 unspecified atom stereocenters. The van der Waals surface area contributed by atoms with Crippen LogP contribution in [0.15, 0.2) is 29.3 Å². The lowest BCUT2D eigenvalue weighted by Gasteiger charge is -2.30. The standard InChI is InChI=1S/C22H34N6OS.HI/c1-5-30-20-8-6-7-18(13-20)25-22(24-15-21-27-26-16(2)28(21)3)23-14-17-9-11-19(29-4)12-10-17;/h9-12,18,20H,5-8,13-15H2,1-4H3,(H2,23,24,25);1H. The first-order valence-electron chi connectivity index (χ1n) is 10.7. The number of aryl methyl sites for hydroxylation is 1. The highest BCUT2D eigenvalue weighted by molar-refractivity contribution is 14.0. The molecule has 1 aromatic heterocycles. The Morgan fingerprint density at radius 1 is 1.26 bits per heavy atom. The summed E-state index contributed by atoms with van der Waals surface area (Å²) in [7, 11) is 3.67. The van der Waals surface area contributed by atoms with Gasteiger partial charge in [-0.15, -0.1) is 34.2 Å². The zero-order chi connectivity index (χ0) is 21.3. The van der Waals surface area contributed by atoms with Gasteiger partial charge in [0, 0.05) is 18.3 Å². The minimum Gasteiger partial charge on any atom is -0.497 e. The highest BCUT2D eigenvalue weighted by atomic mass is 127. The van der Waals surface area contributed by atoms with Gasteiger partial charge in [0.25, 0.3) is 0 Å². The van der Waals surface area contributed by atoms with E-state index in [9.17, 15) is 0 Å². The van der Waals surface area contributed by atoms with Crippen LogP contribution in [0.3, 0.4) is 0 Å². The summed E-state index contributed by atoms with van der Waals surface area (Å²) in [4.78, 5) is 4.86. The Morgan fingerprint density at radius 2 is 2.03 bits per heavy atom. The Bertz CT molecular complexity index is 824. The number of aromatic nitrogens is 3. The molecule has 2 N–H and O–H groups in total. The quantitative estimate of drug-likeness (QED) is 0.289. The first-order chi connectivity index (χ1) is 14.6. The second kappa shape index (κ2) is 13.1. The van der Waals surface area contributed by atoms with Gasteiger partial charge in [-0.05, 0) is 49.6 Å². The molecule has 0 spiro atoms. The van der Waals surface area contributed by atoms with Crippen molar-refractivity contribution >= 4 is 41.7 Å². The molecule has 2 aromatic rings. The summed E-state index contributed by atoms with van der Waals surface area (Å²) in [6, 6.07) is 8.51. The molecule has 1 aliphatic carbocycles. The molecule has 0 bridgehead atoms. The summed E-state index contributed by atoms with van der Waals surface area (Å²) in [6.07, 6.45) is 4.96. The van der Waals surface area contributed by atoms with E-state index in [-0.39, 0.29) is 24.0 Å². The number of ether oxygens (including phenoxy) is 1. The fraction of sp³-hybridized carbons (Fsp3) is 0.591. The molecule has 2 atom stereocenters. The molecule has 1 aliphatic rings. The number of guanidine groups is 1. The van der Waals surface area contributed by atoms with Gasteiger partial charge >= 0.3 is 0 Å². The Labute approximate surface area is 207 Å². The van der Waals surface area contributed by atoms with Crippen molar-refractivity contribution < 1.29 is 4.74 Å². The maximum Gasteiger partial charge on any atom is 0.192 e. The number of methoxy groups -OCH3 is 1. The van der Waals surface area contributed by atoms with Gasteiger partial charge in [0.05, 0.1) is 20.2 Å². The second-order valence-corrected chi connectivity index (χ2v) is 9.25. The van der Waals surface area contributed by atoms with Crippen molar-refractivity contribution in [2.75, 3.05) is 12.9 Å². The zero-order valence-electron chi connectivity index (χ0n) is 18.9. The average molecular weight is 559 g/mol. The predicted molar refractivity (Wildman–Crippen MR) is 139 cm³/mol. The lowest BCUT2D eigenvalue weighted by molar-refractivity contribution is 0.414. The maximum atomic E-state index is 5.25. The minimum atomic E-state index is 0. The predicted octanol–water partition coefficient (Wildman–Crippen LogP) is 4.05. The fourth-order valence-corrected chi connectivity index (χ4v) is 4.85. The molecule has 1 heterocycles. The molecule has 0 aliphatic heterocycles. The molecule has 9 heteroatoms. The highest BCUT2D eigenvalue weighted by Gasteiger charge is 2.22. The summed E-state index contributed by atoms with van der Waals surface area (Å²) in [5.41, 5.74) is 1.15. The van der Waals surface area contributed by atoms with Gasteiger partial charge in [-0.2, -0.15) is 11.8 Å². The Hall–Kier alpha value is -1.49. The number of nitrogens with one attached hydrogen (secondary N) is 2. The Balaban J connectivity index is 0.00000341. The Kier molecular flexibility index (Phi) is 10.9. The second-order valence-electron chi connectivity index (χ2n) is 7.67. The highest BCUT2D eigenvalue weighted by Crippen LogP contribution is 2.28. The summed E-state index contributed by atoms with van der Waals surface area (Å²) in [5.74, 6) is 4.68. The van der Waals surface area contributed by atoms with E-state index >= 15 is 0 Å². The molecule has 1 aromatic carbocycles. The van der Waals surface area contributed by atoms with Gasteiger partial charge < -0.3 is 19.9 Å². The van der Waals surface area contributed by atoms with Gasteiger partial charge in [0.15, 0.2) is 11.8 Å². The number of halogens is 1. The molecule has 172 valence electrons. The van der Waals surface area contributed by atoms with Crippen molar-refractivity contribution in [2.24, 2.45) is 12.0 Å². The van der Waals surface area contributed by atoms with Gasteiger partial charge in [0.2, 0.25) is 0 Å². The zero-order valence-corrected chi connectivity index (χ0v) is 22.1. The van der Waals surface area contributed by atoms with Crippen LogP contribution in [0.5, 0.6) is 5.75 Å². The van der Waals surface area contributed by atoms with Crippen molar-refractivity contribution in [3.63, 3.8) is 0 Å². The molecular formula is C22H35IN6OS. The summed E-state index contributed by atoms with van der Waals surface area (Å²) in [6.45, 7) is 5.40. The van der Waals surface area contributed by atoms with Crippen molar-refractivity contribution in [3.8, 4) is 5.75 Å². The van der Waals surface area contributed by atoms with Crippen LogP contribution in [0, 0.1) is 6.92 Å². The van der Waals surface area contributed by atoms with E-state index in [2.05, 4.69) is 51.6 Å². The van der Waals surface area contributed by atoms with Gasteiger partial charge in [-0.25, -0.2) is 4.99 Å². The van der Waals surface area contributed by atoms with E-state index in [1.807, 2.05) is 30.7 Å². The lowest BCUT2D eigenvalue weighted by atomic mass is 9.95. The number of hydrogen-bond donors (Lipinski definition) is 2. The third-order valence-corrected chi connectivity index (χ3v) is 6.78. The first kappa shape index (κ1) is 25.8. The van der Waals surface area contributed by atoms with Crippen molar-refractivity contribution in [1.29, 1.82) is 0 Å². The monoisotopic (exact) mass is 558 g/mol. The molecule has 7 nitrogen and oxygen atoms in total. The van der Waals surface area contributed by atoms with Gasteiger partial charge in [-0.1, -0.05) is 25.5 Å². The number of thioether (sulfide) groups is 1. The minimum absolute atomic E-state index is 0. The van der Waals surface area contributed by atoms with Crippen LogP contribution < -0.4 is 15.4 Å². The smallest absolute Gasteiger partial charge is 0.192 e. The summed E-state index contributed by atoms with van der Waals surface area (Å²) in [5, 5.41) is 16.3. The largest absolute Gasteiger partial charge is 0.497 e. The first-order valence-corrected chi connectivity index (χ1v) is 11.8. The summed E-state index contributed by atoms with van der Waals surface area (Å²) < 4.78 is 7.25. The van der Waals surface area contributed by atoms with Crippen molar-refractivity contribution in [2.45, 2.75) is 63.9 Å². The molecule has 3 rings (SSSR count). The average Bonchev–Trinajstić information content (AvgIpc) is 3.08. The third kappa shape index (κ3) is 7.85. The molecule has 0 radical (unpaired) electrons. The number of hydrogen-bond acceptors (Lipinski definition) is 5. The van der Waals surface area contributed by atoms with Crippen molar-refractivity contribution in [3.05, 3.63) is 41.5 Å². The maximum absolute atomic E-state index is 5.25. The number of nitrogens with zero attached hydrogens (tertiary/aromatic N) is 4. The molecular weight excluding hydrogens is 523 g/mol. The lowest BCUT2D eigenvalue weighted by Crippen LogP contribution is -2.45. The van der Waals surface area contributed by atoms with Crippen LogP contribution >= 0.6 is 35.7 Å². The van der Waals surface area contributed by atoms with Gasteiger partial charge in [-0.3, -0.25) is 0 Å². The van der Waals surface area contributed by atoms with Crippen LogP contribution in [0.25, 0.3) is 0 Å². The van der Waals surface area contributed by atoms with E-state index < -0.39 is 0 Å². The van der Waals surface area contributed by atoms with Crippen LogP contribution in [-0.4, -0.2) is 44.9 Å². The van der Waals surface area contributed by atoms with E-state index in [0.717, 1.165) is 34.2 Å². The third-order valence-electron chi connectivity index (χ3n) is 5.54. The number of benzene rings is 1.